The Balaban J connectivity index is 2.06. The Morgan fingerprint density at radius 2 is 1.53 bits per heavy atom. The topological polar surface area (TPSA) is 83.1 Å². The number of halogens is 1. The molecule has 0 aromatic heterocycles. The zero-order valence-electron chi connectivity index (χ0n) is 19.9. The van der Waals surface area contributed by atoms with E-state index >= 15 is 0 Å². The first kappa shape index (κ1) is 25.2. The van der Waals surface area contributed by atoms with Crippen LogP contribution in [0.5, 0.6) is 11.5 Å². The van der Waals surface area contributed by atoms with E-state index in [1.54, 1.807) is 38.1 Å². The number of hydrogen-bond donors (Lipinski definition) is 1. The molecule has 3 rings (SSSR count). The molecule has 0 aliphatic carbocycles. The van der Waals surface area contributed by atoms with Crippen molar-refractivity contribution in [3.05, 3.63) is 81.2 Å². The number of carbonyl (C=O) groups is 2. The quantitative estimate of drug-likeness (QED) is 0.532. The molecule has 34 heavy (non-hydrogen) atoms. The molecule has 7 nitrogen and oxygen atoms in total. The van der Waals surface area contributed by atoms with Gasteiger partial charge in [0.15, 0.2) is 11.5 Å². The van der Waals surface area contributed by atoms with Gasteiger partial charge >= 0.3 is 11.9 Å². The van der Waals surface area contributed by atoms with Crippen LogP contribution in [-0.2, 0) is 25.7 Å². The van der Waals surface area contributed by atoms with Crippen molar-refractivity contribution in [1.29, 1.82) is 0 Å². The highest BCUT2D eigenvalue weighted by molar-refractivity contribution is 6.31. The SMILES string of the molecule is CCOc1cc(C2C(C(=O)OC)=C(C)NC(C)=C2C(=O)OC)ccc1OCc1ccccc1Cl. The third-order valence-corrected chi connectivity index (χ3v) is 5.88. The Kier molecular flexibility index (Phi) is 8.23. The molecule has 1 heterocycles. The molecule has 0 saturated carbocycles. The van der Waals surface area contributed by atoms with Crippen molar-refractivity contribution in [3.8, 4) is 11.5 Å². The Morgan fingerprint density at radius 3 is 2.09 bits per heavy atom. The van der Waals surface area contributed by atoms with Crippen LogP contribution in [0.4, 0.5) is 0 Å². The molecule has 1 aliphatic heterocycles. The monoisotopic (exact) mass is 485 g/mol. The fourth-order valence-electron chi connectivity index (χ4n) is 3.95. The molecule has 0 spiro atoms. The second-order valence-electron chi connectivity index (χ2n) is 7.64. The molecular formula is C26H28ClNO6. The Labute approximate surface area is 204 Å². The van der Waals surface area contributed by atoms with Gasteiger partial charge in [0, 0.05) is 22.0 Å². The van der Waals surface area contributed by atoms with Crippen molar-refractivity contribution >= 4 is 23.5 Å². The number of benzene rings is 2. The first-order chi connectivity index (χ1) is 16.3. The first-order valence-electron chi connectivity index (χ1n) is 10.8. The molecule has 0 saturated heterocycles. The summed E-state index contributed by atoms with van der Waals surface area (Å²) in [4.78, 5) is 25.5. The number of nitrogens with one attached hydrogen (secondary N) is 1. The average molecular weight is 486 g/mol. The van der Waals surface area contributed by atoms with E-state index in [9.17, 15) is 9.59 Å². The third-order valence-electron chi connectivity index (χ3n) is 5.51. The van der Waals surface area contributed by atoms with Crippen molar-refractivity contribution in [2.24, 2.45) is 0 Å². The summed E-state index contributed by atoms with van der Waals surface area (Å²) in [5.74, 6) is -0.797. The lowest BCUT2D eigenvalue weighted by Crippen LogP contribution is -2.32. The molecule has 1 N–H and O–H groups in total. The molecule has 0 fully saturated rings. The van der Waals surface area contributed by atoms with Crippen LogP contribution in [0.15, 0.2) is 65.0 Å². The van der Waals surface area contributed by atoms with Crippen LogP contribution in [-0.4, -0.2) is 32.8 Å². The van der Waals surface area contributed by atoms with Gasteiger partial charge in [0.2, 0.25) is 0 Å². The highest BCUT2D eigenvalue weighted by atomic mass is 35.5. The molecule has 0 amide bonds. The summed E-state index contributed by atoms with van der Waals surface area (Å²) in [7, 11) is 2.61. The van der Waals surface area contributed by atoms with Crippen LogP contribution in [0.2, 0.25) is 5.02 Å². The smallest absolute Gasteiger partial charge is 0.336 e. The van der Waals surface area contributed by atoms with Crippen LogP contribution in [0.1, 0.15) is 37.8 Å². The third kappa shape index (κ3) is 5.20. The molecule has 1 aliphatic rings. The molecule has 0 unspecified atom stereocenters. The number of ether oxygens (including phenoxy) is 4. The zero-order chi connectivity index (χ0) is 24.8. The molecule has 0 bridgehead atoms. The van der Waals surface area contributed by atoms with Crippen LogP contribution in [0.25, 0.3) is 0 Å². The zero-order valence-corrected chi connectivity index (χ0v) is 20.6. The Bertz CT molecular complexity index is 1120. The molecule has 180 valence electrons. The maximum absolute atomic E-state index is 12.7. The number of esters is 2. The van der Waals surface area contributed by atoms with Gasteiger partial charge in [0.05, 0.1) is 37.9 Å². The van der Waals surface area contributed by atoms with Gasteiger partial charge in [-0.3, -0.25) is 0 Å². The minimum Gasteiger partial charge on any atom is -0.490 e. The Hall–Kier alpha value is -3.45. The fraction of sp³-hybridized carbons (Fsp3) is 0.308. The summed E-state index contributed by atoms with van der Waals surface area (Å²) in [5, 5.41) is 3.70. The maximum atomic E-state index is 12.7. The second kappa shape index (κ2) is 11.1. The maximum Gasteiger partial charge on any atom is 0.336 e. The van der Waals surface area contributed by atoms with Crippen LogP contribution in [0.3, 0.4) is 0 Å². The predicted molar refractivity (Wildman–Crippen MR) is 129 cm³/mol. The summed E-state index contributed by atoms with van der Waals surface area (Å²) in [6, 6.07) is 12.8. The normalized spacial score (nSPS) is 13.9. The van der Waals surface area contributed by atoms with Crippen molar-refractivity contribution in [2.75, 3.05) is 20.8 Å². The number of rotatable bonds is 8. The van der Waals surface area contributed by atoms with Crippen molar-refractivity contribution in [1.82, 2.24) is 5.32 Å². The van der Waals surface area contributed by atoms with Gasteiger partial charge < -0.3 is 24.3 Å². The van der Waals surface area contributed by atoms with E-state index in [2.05, 4.69) is 5.32 Å². The van der Waals surface area contributed by atoms with Crippen LogP contribution < -0.4 is 14.8 Å². The minimum absolute atomic E-state index is 0.255. The van der Waals surface area contributed by atoms with Crippen LogP contribution in [0, 0.1) is 0 Å². The van der Waals surface area contributed by atoms with E-state index < -0.39 is 17.9 Å². The van der Waals surface area contributed by atoms with Gasteiger partial charge in [-0.05, 0) is 44.5 Å². The standard InChI is InChI=1S/C26H28ClNO6/c1-6-33-21-13-17(11-12-20(21)34-14-18-9-7-8-10-19(18)27)24-22(25(29)31-4)15(2)28-16(3)23(24)26(30)32-5/h7-13,24,28H,6,14H2,1-5H3. The lowest BCUT2D eigenvalue weighted by molar-refractivity contribution is -0.137. The van der Waals surface area contributed by atoms with E-state index in [1.165, 1.54) is 14.2 Å². The van der Waals surface area contributed by atoms with Crippen LogP contribution >= 0.6 is 11.6 Å². The minimum atomic E-state index is -0.710. The van der Waals surface area contributed by atoms with Crippen molar-refractivity contribution < 1.29 is 28.5 Å². The molecule has 2 aromatic carbocycles. The number of hydrogen-bond acceptors (Lipinski definition) is 7. The van der Waals surface area contributed by atoms with Gasteiger partial charge in [-0.1, -0.05) is 35.9 Å². The molecule has 0 atom stereocenters. The molecule has 0 radical (unpaired) electrons. The van der Waals surface area contributed by atoms with Gasteiger partial charge in [-0.2, -0.15) is 0 Å². The van der Waals surface area contributed by atoms with Gasteiger partial charge in [-0.15, -0.1) is 0 Å². The summed E-state index contributed by atoms with van der Waals surface area (Å²) >= 11 is 6.25. The first-order valence-corrected chi connectivity index (χ1v) is 11.2. The molecule has 2 aromatic rings. The molecule has 8 heteroatoms. The van der Waals surface area contributed by atoms with Gasteiger partial charge in [0.1, 0.15) is 6.61 Å². The largest absolute Gasteiger partial charge is 0.490 e. The highest BCUT2D eigenvalue weighted by Gasteiger charge is 2.38. The van der Waals surface area contributed by atoms with E-state index in [4.69, 9.17) is 30.5 Å². The number of methoxy groups -OCH3 is 2. The summed E-state index contributed by atoms with van der Waals surface area (Å²) in [5.41, 5.74) is 3.33. The van der Waals surface area contributed by atoms with Crippen molar-refractivity contribution in [2.45, 2.75) is 33.3 Å². The van der Waals surface area contributed by atoms with Gasteiger partial charge in [0.25, 0.3) is 0 Å². The summed E-state index contributed by atoms with van der Waals surface area (Å²) < 4.78 is 21.9. The van der Waals surface area contributed by atoms with Gasteiger partial charge in [-0.25, -0.2) is 9.59 Å². The fourth-order valence-corrected chi connectivity index (χ4v) is 4.14. The van der Waals surface area contributed by atoms with E-state index in [0.29, 0.717) is 51.2 Å². The molecular weight excluding hydrogens is 458 g/mol. The Morgan fingerprint density at radius 1 is 0.912 bits per heavy atom. The number of carbonyl (C=O) groups excluding carboxylic acids is 2. The highest BCUT2D eigenvalue weighted by Crippen LogP contribution is 2.42. The van der Waals surface area contributed by atoms with E-state index in [0.717, 1.165) is 5.56 Å². The van der Waals surface area contributed by atoms with Crippen molar-refractivity contribution in [3.63, 3.8) is 0 Å². The second-order valence-corrected chi connectivity index (χ2v) is 8.04. The summed E-state index contributed by atoms with van der Waals surface area (Å²) in [6.07, 6.45) is 0. The lowest BCUT2D eigenvalue weighted by atomic mass is 9.80. The lowest BCUT2D eigenvalue weighted by Gasteiger charge is -2.30. The number of dihydropyridines is 1. The number of allylic oxidation sites excluding steroid dienone is 2. The van der Waals surface area contributed by atoms with E-state index in [-0.39, 0.29) is 6.61 Å². The average Bonchev–Trinajstić information content (AvgIpc) is 2.83. The summed E-state index contributed by atoms with van der Waals surface area (Å²) in [6.45, 7) is 6.05. The predicted octanol–water partition coefficient (Wildman–Crippen LogP) is 4.90. The van der Waals surface area contributed by atoms with E-state index in [1.807, 2.05) is 25.1 Å².